The molecule has 2 rings (SSSR count). The zero-order valence-corrected chi connectivity index (χ0v) is 9.30. The zero-order valence-electron chi connectivity index (χ0n) is 8.49. The maximum absolute atomic E-state index is 5.55. The lowest BCUT2D eigenvalue weighted by atomic mass is 10.2. The predicted molar refractivity (Wildman–Crippen MR) is 55.3 cm³/mol. The third-order valence-corrected chi connectivity index (χ3v) is 3.66. The summed E-state index contributed by atoms with van der Waals surface area (Å²) in [6, 6.07) is 0.280. The smallest absolute Gasteiger partial charge is 0.146 e. The first-order valence-electron chi connectivity index (χ1n) is 4.93. The van der Waals surface area contributed by atoms with Gasteiger partial charge in [-0.05, 0) is 26.8 Å². The van der Waals surface area contributed by atoms with Crippen molar-refractivity contribution in [3.05, 3.63) is 10.0 Å². The second kappa shape index (κ2) is 4.33. The first-order chi connectivity index (χ1) is 6.81. The number of nitrogens with one attached hydrogen (secondary N) is 1. The largest absolute Gasteiger partial charge is 0.371 e. The predicted octanol–water partition coefficient (Wildman–Crippen LogP) is 1.67. The van der Waals surface area contributed by atoms with Crippen LogP contribution in [-0.2, 0) is 4.74 Å². The maximum Gasteiger partial charge on any atom is 0.146 e. The van der Waals surface area contributed by atoms with E-state index < -0.39 is 0 Å². The second-order valence-corrected chi connectivity index (χ2v) is 4.53. The highest BCUT2D eigenvalue weighted by molar-refractivity contribution is 7.11. The molecule has 1 aliphatic heterocycles. The van der Waals surface area contributed by atoms with Crippen molar-refractivity contribution < 1.29 is 4.74 Å². The molecule has 0 radical (unpaired) electrons. The Morgan fingerprint density at radius 1 is 1.57 bits per heavy atom. The third-order valence-electron chi connectivity index (χ3n) is 2.46. The van der Waals surface area contributed by atoms with Gasteiger partial charge in [0.25, 0.3) is 0 Å². The lowest BCUT2D eigenvalue weighted by Crippen LogP contribution is -2.11. The molecule has 5 heteroatoms. The lowest BCUT2D eigenvalue weighted by Gasteiger charge is -2.04. The Labute approximate surface area is 87.7 Å². The van der Waals surface area contributed by atoms with Gasteiger partial charge in [-0.15, -0.1) is 10.2 Å². The van der Waals surface area contributed by atoms with Crippen molar-refractivity contribution in [3.8, 4) is 0 Å². The minimum Gasteiger partial charge on any atom is -0.371 e. The van der Waals surface area contributed by atoms with Gasteiger partial charge < -0.3 is 10.1 Å². The summed E-state index contributed by atoms with van der Waals surface area (Å²) in [5, 5.41) is 13.5. The summed E-state index contributed by atoms with van der Waals surface area (Å²) in [5.74, 6) is 0. The Morgan fingerprint density at radius 2 is 2.43 bits per heavy atom. The van der Waals surface area contributed by atoms with E-state index in [1.165, 1.54) is 0 Å². The normalized spacial score (nSPS) is 24.0. The molecule has 1 fully saturated rings. The number of nitrogens with zero attached hydrogens (tertiary/aromatic N) is 2. The summed E-state index contributed by atoms with van der Waals surface area (Å²) in [7, 11) is 1.93. The third kappa shape index (κ3) is 1.94. The zero-order chi connectivity index (χ0) is 9.97. The van der Waals surface area contributed by atoms with Crippen molar-refractivity contribution in [1.29, 1.82) is 0 Å². The number of ether oxygens (including phenoxy) is 1. The second-order valence-electron chi connectivity index (χ2n) is 3.49. The van der Waals surface area contributed by atoms with Crippen LogP contribution in [0.5, 0.6) is 0 Å². The fraction of sp³-hybridized carbons (Fsp3) is 0.778. The standard InChI is InChI=1S/C9H15N3OS/c1-6(10-2)8-11-12-9(14-8)7-4-3-5-13-7/h6-7,10H,3-5H2,1-2H3. The van der Waals surface area contributed by atoms with Crippen molar-refractivity contribution >= 4 is 11.3 Å². The highest BCUT2D eigenvalue weighted by atomic mass is 32.1. The molecule has 14 heavy (non-hydrogen) atoms. The van der Waals surface area contributed by atoms with Crippen molar-refractivity contribution in [3.63, 3.8) is 0 Å². The van der Waals surface area contributed by atoms with Crippen molar-refractivity contribution in [2.24, 2.45) is 0 Å². The van der Waals surface area contributed by atoms with Gasteiger partial charge in [0.05, 0.1) is 6.04 Å². The highest BCUT2D eigenvalue weighted by Gasteiger charge is 2.22. The van der Waals surface area contributed by atoms with Crippen molar-refractivity contribution in [2.75, 3.05) is 13.7 Å². The first-order valence-corrected chi connectivity index (χ1v) is 5.75. The molecule has 0 aromatic carbocycles. The average molecular weight is 213 g/mol. The molecule has 0 saturated carbocycles. The first kappa shape index (κ1) is 10.0. The molecule has 78 valence electrons. The number of hydrogen-bond donors (Lipinski definition) is 1. The van der Waals surface area contributed by atoms with Gasteiger partial charge in [0, 0.05) is 6.61 Å². The molecule has 2 atom stereocenters. The van der Waals surface area contributed by atoms with Crippen LogP contribution in [0.3, 0.4) is 0 Å². The molecule has 1 N–H and O–H groups in total. The average Bonchev–Trinajstić information content (AvgIpc) is 2.86. The Kier molecular flexibility index (Phi) is 3.10. The summed E-state index contributed by atoms with van der Waals surface area (Å²) >= 11 is 1.65. The minimum atomic E-state index is 0.199. The van der Waals surface area contributed by atoms with Gasteiger partial charge in [-0.25, -0.2) is 0 Å². The summed E-state index contributed by atoms with van der Waals surface area (Å²) in [5.41, 5.74) is 0. The minimum absolute atomic E-state index is 0.199. The van der Waals surface area contributed by atoms with Gasteiger partial charge >= 0.3 is 0 Å². The molecular weight excluding hydrogens is 198 g/mol. The van der Waals surface area contributed by atoms with Crippen LogP contribution in [0.15, 0.2) is 0 Å². The Bertz CT molecular complexity index is 296. The van der Waals surface area contributed by atoms with Crippen LogP contribution in [0.25, 0.3) is 0 Å². The van der Waals surface area contributed by atoms with E-state index in [0.717, 1.165) is 29.5 Å². The van der Waals surface area contributed by atoms with Gasteiger partial charge in [0.1, 0.15) is 16.1 Å². The van der Waals surface area contributed by atoms with Gasteiger partial charge in [0.2, 0.25) is 0 Å². The molecule has 2 heterocycles. The topological polar surface area (TPSA) is 47.0 Å². The molecule has 0 aliphatic carbocycles. The van der Waals surface area contributed by atoms with Crippen LogP contribution >= 0.6 is 11.3 Å². The van der Waals surface area contributed by atoms with Gasteiger partial charge in [0.15, 0.2) is 0 Å². The van der Waals surface area contributed by atoms with E-state index in [9.17, 15) is 0 Å². The molecule has 1 aliphatic rings. The van der Waals surface area contributed by atoms with Crippen LogP contribution in [0.4, 0.5) is 0 Å². The summed E-state index contributed by atoms with van der Waals surface area (Å²) in [6.07, 6.45) is 2.43. The van der Waals surface area contributed by atoms with Crippen molar-refractivity contribution in [1.82, 2.24) is 15.5 Å². The maximum atomic E-state index is 5.55. The Hall–Kier alpha value is -0.520. The van der Waals surface area contributed by atoms with Crippen LogP contribution < -0.4 is 5.32 Å². The molecule has 0 bridgehead atoms. The number of aromatic nitrogens is 2. The SMILES string of the molecule is CNC(C)c1nnc(C2CCCO2)s1. The van der Waals surface area contributed by atoms with E-state index in [4.69, 9.17) is 4.74 Å². The van der Waals surface area contributed by atoms with E-state index in [1.54, 1.807) is 11.3 Å². The van der Waals surface area contributed by atoms with Crippen LogP contribution in [0.2, 0.25) is 0 Å². The van der Waals surface area contributed by atoms with E-state index in [1.807, 2.05) is 7.05 Å². The molecule has 0 spiro atoms. The van der Waals surface area contributed by atoms with E-state index in [2.05, 4.69) is 22.4 Å². The quantitative estimate of drug-likeness (QED) is 0.829. The highest BCUT2D eigenvalue weighted by Crippen LogP contribution is 2.31. The fourth-order valence-electron chi connectivity index (χ4n) is 1.45. The fourth-order valence-corrected chi connectivity index (χ4v) is 2.44. The molecule has 1 aromatic rings. The van der Waals surface area contributed by atoms with E-state index >= 15 is 0 Å². The molecule has 0 amide bonds. The molecule has 1 saturated heterocycles. The molecule has 1 aromatic heterocycles. The summed E-state index contributed by atoms with van der Waals surface area (Å²) < 4.78 is 5.55. The number of rotatable bonds is 3. The van der Waals surface area contributed by atoms with Crippen LogP contribution in [0.1, 0.15) is 41.9 Å². The van der Waals surface area contributed by atoms with E-state index in [0.29, 0.717) is 0 Å². The molecule has 4 nitrogen and oxygen atoms in total. The lowest BCUT2D eigenvalue weighted by molar-refractivity contribution is 0.111. The Morgan fingerprint density at radius 3 is 3.07 bits per heavy atom. The Balaban J connectivity index is 2.08. The van der Waals surface area contributed by atoms with Gasteiger partial charge in [-0.3, -0.25) is 0 Å². The van der Waals surface area contributed by atoms with Crippen molar-refractivity contribution in [2.45, 2.75) is 31.9 Å². The van der Waals surface area contributed by atoms with E-state index in [-0.39, 0.29) is 12.1 Å². The molecule has 2 unspecified atom stereocenters. The van der Waals surface area contributed by atoms with Gasteiger partial charge in [-0.1, -0.05) is 11.3 Å². The van der Waals surface area contributed by atoms with Gasteiger partial charge in [-0.2, -0.15) is 0 Å². The number of hydrogen-bond acceptors (Lipinski definition) is 5. The van der Waals surface area contributed by atoms with Crippen LogP contribution in [0, 0.1) is 0 Å². The monoisotopic (exact) mass is 213 g/mol. The molecular formula is C9H15N3OS. The summed E-state index contributed by atoms with van der Waals surface area (Å²) in [4.78, 5) is 0. The van der Waals surface area contributed by atoms with Crippen LogP contribution in [-0.4, -0.2) is 23.9 Å². The summed E-state index contributed by atoms with van der Waals surface area (Å²) in [6.45, 7) is 2.95.